The fourth-order valence-corrected chi connectivity index (χ4v) is 3.04. The predicted octanol–water partition coefficient (Wildman–Crippen LogP) is 4.10. The van der Waals surface area contributed by atoms with E-state index in [9.17, 15) is 4.39 Å². The smallest absolute Gasteiger partial charge is 0.130 e. The highest BCUT2D eigenvalue weighted by molar-refractivity contribution is 7.10. The zero-order valence-corrected chi connectivity index (χ0v) is 12.2. The molecule has 2 unspecified atom stereocenters. The molecule has 0 saturated carbocycles. The van der Waals surface area contributed by atoms with E-state index < -0.39 is 0 Å². The summed E-state index contributed by atoms with van der Waals surface area (Å²) in [7, 11) is 1.98. The van der Waals surface area contributed by atoms with Gasteiger partial charge in [0.25, 0.3) is 0 Å². The molecule has 0 aliphatic heterocycles. The van der Waals surface area contributed by atoms with E-state index >= 15 is 0 Å². The largest absolute Gasteiger partial charge is 0.367 e. The molecule has 2 N–H and O–H groups in total. The second-order valence-electron chi connectivity index (χ2n) is 4.76. The van der Waals surface area contributed by atoms with E-state index in [0.717, 1.165) is 5.69 Å². The first-order valence-corrected chi connectivity index (χ1v) is 7.20. The Morgan fingerprint density at radius 2 is 1.95 bits per heavy atom. The molecule has 4 heteroatoms. The average Bonchev–Trinajstić information content (AvgIpc) is 2.90. The number of anilines is 1. The number of hydrogen-bond donors (Lipinski definition) is 1. The van der Waals surface area contributed by atoms with Gasteiger partial charge in [-0.2, -0.15) is 0 Å². The summed E-state index contributed by atoms with van der Waals surface area (Å²) in [5, 5.41) is 2.05. The van der Waals surface area contributed by atoms with Gasteiger partial charge in [0.15, 0.2) is 0 Å². The van der Waals surface area contributed by atoms with E-state index in [1.165, 1.54) is 10.9 Å². The van der Waals surface area contributed by atoms with Crippen LogP contribution < -0.4 is 10.6 Å². The van der Waals surface area contributed by atoms with Gasteiger partial charge in [0.1, 0.15) is 5.82 Å². The minimum absolute atomic E-state index is 0.194. The zero-order chi connectivity index (χ0) is 14.0. The summed E-state index contributed by atoms with van der Waals surface area (Å²) in [6.07, 6.45) is 0. The molecular formula is C15H19FN2S. The van der Waals surface area contributed by atoms with Crippen LogP contribution in [0, 0.1) is 5.82 Å². The Bertz CT molecular complexity index is 537. The highest BCUT2D eigenvalue weighted by Gasteiger charge is 2.20. The van der Waals surface area contributed by atoms with Crippen LogP contribution >= 0.6 is 11.3 Å². The predicted molar refractivity (Wildman–Crippen MR) is 80.1 cm³/mol. The number of thiophene rings is 1. The highest BCUT2D eigenvalue weighted by Crippen LogP contribution is 2.33. The quantitative estimate of drug-likeness (QED) is 0.912. The maximum absolute atomic E-state index is 14.0. The van der Waals surface area contributed by atoms with Crippen LogP contribution in [-0.2, 0) is 0 Å². The number of rotatable bonds is 4. The van der Waals surface area contributed by atoms with Gasteiger partial charge in [-0.3, -0.25) is 0 Å². The van der Waals surface area contributed by atoms with Crippen LogP contribution in [0.25, 0.3) is 0 Å². The lowest BCUT2D eigenvalue weighted by Crippen LogP contribution is -2.24. The molecule has 19 heavy (non-hydrogen) atoms. The maximum atomic E-state index is 14.0. The Hall–Kier alpha value is -1.39. The monoisotopic (exact) mass is 278 g/mol. The Labute approximate surface area is 117 Å². The number of nitrogens with zero attached hydrogens (tertiary/aromatic N) is 1. The minimum atomic E-state index is -0.325. The van der Waals surface area contributed by atoms with Crippen molar-refractivity contribution in [1.29, 1.82) is 0 Å². The first kappa shape index (κ1) is 14.0. The van der Waals surface area contributed by atoms with Gasteiger partial charge in [0.05, 0.1) is 6.04 Å². The van der Waals surface area contributed by atoms with Crippen molar-refractivity contribution in [3.63, 3.8) is 0 Å². The van der Waals surface area contributed by atoms with E-state index in [4.69, 9.17) is 5.73 Å². The topological polar surface area (TPSA) is 29.3 Å². The van der Waals surface area contributed by atoms with Gasteiger partial charge in [-0.15, -0.1) is 11.3 Å². The molecule has 2 aromatic rings. The molecule has 0 fully saturated rings. The van der Waals surface area contributed by atoms with Crippen molar-refractivity contribution in [2.75, 3.05) is 11.9 Å². The van der Waals surface area contributed by atoms with Gasteiger partial charge >= 0.3 is 0 Å². The molecule has 0 spiro atoms. The van der Waals surface area contributed by atoms with Crippen LogP contribution in [0.4, 0.5) is 10.1 Å². The summed E-state index contributed by atoms with van der Waals surface area (Å²) >= 11 is 1.71. The van der Waals surface area contributed by atoms with Crippen molar-refractivity contribution < 1.29 is 4.39 Å². The highest BCUT2D eigenvalue weighted by atomic mass is 32.1. The summed E-state index contributed by atoms with van der Waals surface area (Å²) in [5.41, 5.74) is 7.34. The molecule has 1 heterocycles. The Morgan fingerprint density at radius 3 is 2.53 bits per heavy atom. The fourth-order valence-electron chi connectivity index (χ4n) is 2.21. The Kier molecular flexibility index (Phi) is 4.22. The van der Waals surface area contributed by atoms with E-state index in [2.05, 4.69) is 23.3 Å². The molecule has 0 saturated heterocycles. The fraction of sp³-hybridized carbons (Fsp3) is 0.333. The summed E-state index contributed by atoms with van der Waals surface area (Å²) in [6, 6.07) is 9.11. The first-order chi connectivity index (χ1) is 9.02. The number of nitrogens with two attached hydrogens (primary N) is 1. The van der Waals surface area contributed by atoms with E-state index in [-0.39, 0.29) is 17.9 Å². The van der Waals surface area contributed by atoms with Gasteiger partial charge in [0, 0.05) is 29.2 Å². The standard InChI is InChI=1S/C15H19FN2S/c1-10(17)15-12(16)6-4-7-13(15)18(3)11(2)14-8-5-9-19-14/h4-11H,17H2,1-3H3. The van der Waals surface area contributed by atoms with Crippen LogP contribution in [0.15, 0.2) is 35.7 Å². The Morgan fingerprint density at radius 1 is 1.21 bits per heavy atom. The van der Waals surface area contributed by atoms with Gasteiger partial charge in [0.2, 0.25) is 0 Å². The average molecular weight is 278 g/mol. The lowest BCUT2D eigenvalue weighted by molar-refractivity contribution is 0.590. The third kappa shape index (κ3) is 2.80. The summed E-state index contributed by atoms with van der Waals surface area (Å²) in [6.45, 7) is 3.92. The normalized spacial score (nSPS) is 14.2. The zero-order valence-electron chi connectivity index (χ0n) is 11.4. The van der Waals surface area contributed by atoms with Gasteiger partial charge in [-0.05, 0) is 37.4 Å². The van der Waals surface area contributed by atoms with Gasteiger partial charge in [-0.25, -0.2) is 4.39 Å². The van der Waals surface area contributed by atoms with Crippen LogP contribution in [0.1, 0.15) is 36.4 Å². The van der Waals surface area contributed by atoms with Crippen molar-refractivity contribution in [2.45, 2.75) is 25.9 Å². The van der Waals surface area contributed by atoms with Gasteiger partial charge in [-0.1, -0.05) is 12.1 Å². The van der Waals surface area contributed by atoms with Gasteiger partial charge < -0.3 is 10.6 Å². The summed E-state index contributed by atoms with van der Waals surface area (Å²) in [4.78, 5) is 3.33. The van der Waals surface area contributed by atoms with Crippen molar-refractivity contribution >= 4 is 17.0 Å². The molecule has 0 amide bonds. The number of halogens is 1. The number of benzene rings is 1. The van der Waals surface area contributed by atoms with Crippen molar-refractivity contribution in [3.8, 4) is 0 Å². The van der Waals surface area contributed by atoms with Crippen LogP contribution in [0.5, 0.6) is 0 Å². The molecule has 1 aromatic carbocycles. The second kappa shape index (κ2) is 5.72. The molecule has 2 rings (SSSR count). The Balaban J connectivity index is 2.39. The molecule has 0 bridgehead atoms. The SMILES string of the molecule is CC(N)c1c(F)cccc1N(C)C(C)c1cccs1. The molecule has 2 nitrogen and oxygen atoms in total. The lowest BCUT2D eigenvalue weighted by Gasteiger charge is -2.29. The van der Waals surface area contributed by atoms with Crippen molar-refractivity contribution in [2.24, 2.45) is 5.73 Å². The second-order valence-corrected chi connectivity index (χ2v) is 5.74. The minimum Gasteiger partial charge on any atom is -0.367 e. The van der Waals surface area contributed by atoms with E-state index in [1.54, 1.807) is 17.4 Å². The molecule has 0 radical (unpaired) electrons. The van der Waals surface area contributed by atoms with Crippen LogP contribution in [-0.4, -0.2) is 7.05 Å². The molecule has 1 aromatic heterocycles. The maximum Gasteiger partial charge on any atom is 0.130 e. The first-order valence-electron chi connectivity index (χ1n) is 6.32. The summed E-state index contributed by atoms with van der Waals surface area (Å²) in [5.74, 6) is -0.238. The lowest BCUT2D eigenvalue weighted by atomic mass is 10.0. The molecule has 0 aliphatic rings. The van der Waals surface area contributed by atoms with Crippen molar-refractivity contribution in [3.05, 3.63) is 52.0 Å². The van der Waals surface area contributed by atoms with Crippen LogP contribution in [0.3, 0.4) is 0 Å². The molecular weight excluding hydrogens is 259 g/mol. The van der Waals surface area contributed by atoms with E-state index in [1.807, 2.05) is 26.1 Å². The van der Waals surface area contributed by atoms with Crippen molar-refractivity contribution in [1.82, 2.24) is 0 Å². The van der Waals surface area contributed by atoms with Crippen LogP contribution in [0.2, 0.25) is 0 Å². The molecule has 102 valence electrons. The molecule has 2 atom stereocenters. The third-order valence-corrected chi connectivity index (χ3v) is 4.44. The molecule has 0 aliphatic carbocycles. The third-order valence-electron chi connectivity index (χ3n) is 3.40. The summed E-state index contributed by atoms with van der Waals surface area (Å²) < 4.78 is 14.0. The van der Waals surface area contributed by atoms with E-state index in [0.29, 0.717) is 5.56 Å². The number of hydrogen-bond acceptors (Lipinski definition) is 3.